The average molecular weight is 373 g/mol. The molecule has 1 aromatic rings. The van der Waals surface area contributed by atoms with Crippen LogP contribution in [0.5, 0.6) is 5.75 Å². The van der Waals surface area contributed by atoms with E-state index in [0.29, 0.717) is 5.75 Å². The summed E-state index contributed by atoms with van der Waals surface area (Å²) in [7, 11) is 4.20. The molecule has 1 aromatic carbocycles. The van der Waals surface area contributed by atoms with E-state index in [1.807, 2.05) is 32.1 Å². The molecule has 0 atom stereocenters. The fourth-order valence-corrected chi connectivity index (χ4v) is 2.83. The third-order valence-electron chi connectivity index (χ3n) is 4.19. The summed E-state index contributed by atoms with van der Waals surface area (Å²) < 4.78 is 0. The summed E-state index contributed by atoms with van der Waals surface area (Å²) in [6, 6.07) is 7.45. The lowest BCUT2D eigenvalue weighted by atomic mass is 10.0. The van der Waals surface area contributed by atoms with Crippen LogP contribution in [0.25, 0.3) is 0 Å². The monoisotopic (exact) mass is 372 g/mol. The molecule has 0 saturated heterocycles. The van der Waals surface area contributed by atoms with Crippen molar-refractivity contribution in [2.24, 2.45) is 0 Å². The largest absolute Gasteiger partial charge is 0.508 e. The van der Waals surface area contributed by atoms with Crippen molar-refractivity contribution in [3.8, 4) is 5.75 Å². The second-order valence-corrected chi connectivity index (χ2v) is 6.46. The second kappa shape index (κ2) is 15.1. The molecule has 27 heavy (non-hydrogen) atoms. The van der Waals surface area contributed by atoms with Gasteiger partial charge in [-0.3, -0.25) is 0 Å². The molecule has 0 saturated carbocycles. The van der Waals surface area contributed by atoms with Gasteiger partial charge in [-0.1, -0.05) is 46.4 Å². The highest BCUT2D eigenvalue weighted by molar-refractivity contribution is 5.57. The first kappa shape index (κ1) is 25.0. The van der Waals surface area contributed by atoms with E-state index in [4.69, 9.17) is 0 Å². The number of allylic oxidation sites excluding steroid dienone is 4. The Balaban J connectivity index is 0.00000326. The zero-order chi connectivity index (χ0) is 20.7. The van der Waals surface area contributed by atoms with Gasteiger partial charge in [-0.25, -0.2) is 0 Å². The summed E-state index contributed by atoms with van der Waals surface area (Å²) >= 11 is 0. The third kappa shape index (κ3) is 9.48. The Hall–Kier alpha value is -2.00. The zero-order valence-electron chi connectivity index (χ0n) is 18.3. The number of anilines is 1. The van der Waals surface area contributed by atoms with Crippen LogP contribution in [0, 0.1) is 0 Å². The van der Waals surface area contributed by atoms with E-state index in [0.717, 1.165) is 44.5 Å². The molecule has 0 radical (unpaired) electrons. The van der Waals surface area contributed by atoms with Crippen LogP contribution in [-0.2, 0) is 0 Å². The first-order valence-corrected chi connectivity index (χ1v) is 10.2. The van der Waals surface area contributed by atoms with Crippen LogP contribution in [-0.4, -0.2) is 37.2 Å². The van der Waals surface area contributed by atoms with Crippen molar-refractivity contribution in [3.05, 3.63) is 60.3 Å². The van der Waals surface area contributed by atoms with Crippen LogP contribution in [0.1, 0.15) is 53.4 Å². The number of nitrogens with zero attached hydrogens (tertiary/aromatic N) is 2. The molecule has 3 heteroatoms. The van der Waals surface area contributed by atoms with Crippen molar-refractivity contribution in [2.45, 2.75) is 53.4 Å². The smallest absolute Gasteiger partial charge is 0.115 e. The van der Waals surface area contributed by atoms with Gasteiger partial charge in [0.15, 0.2) is 0 Å². The molecule has 0 aliphatic carbocycles. The van der Waals surface area contributed by atoms with Crippen LogP contribution in [0.4, 0.5) is 5.69 Å². The first-order chi connectivity index (χ1) is 13.0. The summed E-state index contributed by atoms with van der Waals surface area (Å²) in [4.78, 5) is 4.53. The Bertz CT molecular complexity index is 571. The van der Waals surface area contributed by atoms with Crippen LogP contribution in [0.3, 0.4) is 0 Å². The van der Waals surface area contributed by atoms with Gasteiger partial charge in [0, 0.05) is 17.9 Å². The Morgan fingerprint density at radius 2 is 1.67 bits per heavy atom. The number of hydrogen-bond acceptors (Lipinski definition) is 3. The topological polar surface area (TPSA) is 26.7 Å². The van der Waals surface area contributed by atoms with Gasteiger partial charge in [0.2, 0.25) is 0 Å². The van der Waals surface area contributed by atoms with E-state index in [-0.39, 0.29) is 0 Å². The van der Waals surface area contributed by atoms with Crippen molar-refractivity contribution in [1.29, 1.82) is 0 Å². The molecule has 0 aliphatic rings. The summed E-state index contributed by atoms with van der Waals surface area (Å²) in [5.41, 5.74) is 3.67. The zero-order valence-corrected chi connectivity index (χ0v) is 18.3. The van der Waals surface area contributed by atoms with Crippen molar-refractivity contribution in [1.82, 2.24) is 4.90 Å². The number of aromatic hydroxyl groups is 1. The SMILES string of the molecule is C=C/C(=C(/CC)C/C=C\CC)N(CCCN(C)C)c1ccc(O)cc1.CC. The lowest BCUT2D eigenvalue weighted by molar-refractivity contribution is 0.402. The van der Waals surface area contributed by atoms with E-state index in [1.54, 1.807) is 12.1 Å². The third-order valence-corrected chi connectivity index (χ3v) is 4.19. The quantitative estimate of drug-likeness (QED) is 0.360. The maximum atomic E-state index is 9.62. The first-order valence-electron chi connectivity index (χ1n) is 10.2. The standard InChI is InChI=1S/C22H34N2O.C2H6/c1-6-9-10-12-19(7-2)22(8-3)24(18-11-17-23(4)5)20-13-15-21(25)16-14-20;1-2/h8-10,13-16,25H,3,6-7,11-12,17-18H2,1-2,4-5H3;1-2H3/b10-9-,22-19+;. The summed E-state index contributed by atoms with van der Waals surface area (Å²) in [5.74, 6) is 0.294. The van der Waals surface area contributed by atoms with Gasteiger partial charge >= 0.3 is 0 Å². The van der Waals surface area contributed by atoms with Gasteiger partial charge in [0.25, 0.3) is 0 Å². The number of rotatable bonds is 11. The minimum Gasteiger partial charge on any atom is -0.508 e. The lowest BCUT2D eigenvalue weighted by Gasteiger charge is -2.29. The molecule has 0 aliphatic heterocycles. The van der Waals surface area contributed by atoms with E-state index >= 15 is 0 Å². The highest BCUT2D eigenvalue weighted by atomic mass is 16.3. The molecule has 0 fully saturated rings. The average Bonchev–Trinajstić information content (AvgIpc) is 2.68. The Morgan fingerprint density at radius 3 is 2.15 bits per heavy atom. The number of phenolic OH excluding ortho intramolecular Hbond substituents is 1. The Labute approximate surface area is 167 Å². The predicted octanol–water partition coefficient (Wildman–Crippen LogP) is 6.38. The Morgan fingerprint density at radius 1 is 1.04 bits per heavy atom. The highest BCUT2D eigenvalue weighted by Crippen LogP contribution is 2.27. The molecular formula is C24H40N2O. The van der Waals surface area contributed by atoms with Gasteiger partial charge in [0.1, 0.15) is 5.75 Å². The van der Waals surface area contributed by atoms with Gasteiger partial charge in [-0.2, -0.15) is 0 Å². The molecule has 3 nitrogen and oxygen atoms in total. The summed E-state index contributed by atoms with van der Waals surface area (Å²) in [6.45, 7) is 14.4. The van der Waals surface area contributed by atoms with Crippen molar-refractivity contribution < 1.29 is 5.11 Å². The van der Waals surface area contributed by atoms with E-state index in [2.05, 4.69) is 56.5 Å². The van der Waals surface area contributed by atoms with Crippen LogP contribution < -0.4 is 4.90 Å². The van der Waals surface area contributed by atoms with Crippen molar-refractivity contribution in [2.75, 3.05) is 32.1 Å². The van der Waals surface area contributed by atoms with Crippen molar-refractivity contribution >= 4 is 5.69 Å². The maximum absolute atomic E-state index is 9.62. The summed E-state index contributed by atoms with van der Waals surface area (Å²) in [5, 5.41) is 9.62. The van der Waals surface area contributed by atoms with Crippen LogP contribution in [0.2, 0.25) is 0 Å². The second-order valence-electron chi connectivity index (χ2n) is 6.46. The molecule has 1 N–H and O–H groups in total. The number of phenols is 1. The fraction of sp³-hybridized carbons (Fsp3) is 0.500. The highest BCUT2D eigenvalue weighted by Gasteiger charge is 2.13. The molecule has 0 amide bonds. The molecule has 0 bridgehead atoms. The van der Waals surface area contributed by atoms with Gasteiger partial charge in [-0.15, -0.1) is 0 Å². The van der Waals surface area contributed by atoms with E-state index in [9.17, 15) is 5.11 Å². The van der Waals surface area contributed by atoms with Gasteiger partial charge < -0.3 is 14.9 Å². The molecule has 1 rings (SSSR count). The number of hydrogen-bond donors (Lipinski definition) is 1. The van der Waals surface area contributed by atoms with E-state index in [1.165, 1.54) is 11.3 Å². The van der Waals surface area contributed by atoms with Gasteiger partial charge in [-0.05, 0) is 82.2 Å². The molecule has 0 heterocycles. The van der Waals surface area contributed by atoms with Gasteiger partial charge in [0.05, 0.1) is 0 Å². The van der Waals surface area contributed by atoms with Crippen LogP contribution >= 0.6 is 0 Å². The van der Waals surface area contributed by atoms with E-state index < -0.39 is 0 Å². The summed E-state index contributed by atoms with van der Waals surface area (Å²) in [6.07, 6.45) is 10.5. The lowest BCUT2D eigenvalue weighted by Crippen LogP contribution is -2.27. The minimum atomic E-state index is 0.294. The molecular weight excluding hydrogens is 332 g/mol. The predicted molar refractivity (Wildman–Crippen MR) is 122 cm³/mol. The van der Waals surface area contributed by atoms with Crippen molar-refractivity contribution in [3.63, 3.8) is 0 Å². The number of benzene rings is 1. The molecule has 0 aromatic heterocycles. The molecule has 0 spiro atoms. The minimum absolute atomic E-state index is 0.294. The maximum Gasteiger partial charge on any atom is 0.115 e. The molecule has 0 unspecified atom stereocenters. The van der Waals surface area contributed by atoms with Crippen LogP contribution in [0.15, 0.2) is 60.3 Å². The fourth-order valence-electron chi connectivity index (χ4n) is 2.83. The molecule has 152 valence electrons. The Kier molecular flexibility index (Phi) is 14.0. The normalized spacial score (nSPS) is 11.8.